The third-order valence-corrected chi connectivity index (χ3v) is 2.26. The number of rotatable bonds is 1. The lowest BCUT2D eigenvalue weighted by atomic mass is 10.1. The molecule has 0 saturated heterocycles. The molecule has 1 aromatic carbocycles. The molecule has 3 nitrogen and oxygen atoms in total. The molecule has 2 aromatic rings. The zero-order valence-corrected chi connectivity index (χ0v) is 8.38. The quantitative estimate of drug-likeness (QED) is 0.801. The summed E-state index contributed by atoms with van der Waals surface area (Å²) >= 11 is 0. The molecule has 0 aliphatic rings. The van der Waals surface area contributed by atoms with Crippen molar-refractivity contribution in [3.63, 3.8) is 0 Å². The van der Waals surface area contributed by atoms with E-state index in [9.17, 15) is 8.78 Å². The minimum atomic E-state index is -0.732. The Kier molecular flexibility index (Phi) is 2.41. The third-order valence-electron chi connectivity index (χ3n) is 2.26. The van der Waals surface area contributed by atoms with Crippen LogP contribution >= 0.6 is 0 Å². The second-order valence-corrected chi connectivity index (χ2v) is 3.19. The van der Waals surface area contributed by atoms with Crippen molar-refractivity contribution in [2.45, 2.75) is 0 Å². The summed E-state index contributed by atoms with van der Waals surface area (Å²) in [6.07, 6.45) is 1.28. The standard InChI is InChI=1S/C11H7F2N3/c1-15-11-6(4-14)5-16-9-3-7(12)2-8(13)10(9)11/h2-3,5H,1H3,(H,15,16). The van der Waals surface area contributed by atoms with Gasteiger partial charge in [-0.05, 0) is 0 Å². The predicted octanol–water partition coefficient (Wildman–Crippen LogP) is 2.43. The molecule has 1 heterocycles. The van der Waals surface area contributed by atoms with Crippen LogP contribution in [-0.4, -0.2) is 12.0 Å². The molecule has 0 aliphatic carbocycles. The Morgan fingerprint density at radius 2 is 2.12 bits per heavy atom. The van der Waals surface area contributed by atoms with E-state index in [1.54, 1.807) is 7.05 Å². The Morgan fingerprint density at radius 3 is 2.75 bits per heavy atom. The van der Waals surface area contributed by atoms with Crippen LogP contribution < -0.4 is 5.32 Å². The maximum Gasteiger partial charge on any atom is 0.137 e. The van der Waals surface area contributed by atoms with Gasteiger partial charge in [0, 0.05) is 25.4 Å². The van der Waals surface area contributed by atoms with Gasteiger partial charge in [-0.25, -0.2) is 8.78 Å². The molecule has 0 unspecified atom stereocenters. The summed E-state index contributed by atoms with van der Waals surface area (Å²) in [5.41, 5.74) is 0.728. The van der Waals surface area contributed by atoms with Crippen LogP contribution in [0.2, 0.25) is 0 Å². The average molecular weight is 219 g/mol. The van der Waals surface area contributed by atoms with Gasteiger partial charge in [0.2, 0.25) is 0 Å². The van der Waals surface area contributed by atoms with Crippen molar-refractivity contribution < 1.29 is 8.78 Å². The number of benzene rings is 1. The molecule has 0 atom stereocenters. The summed E-state index contributed by atoms with van der Waals surface area (Å²) < 4.78 is 26.5. The van der Waals surface area contributed by atoms with Crippen molar-refractivity contribution in [3.8, 4) is 6.07 Å². The lowest BCUT2D eigenvalue weighted by Crippen LogP contribution is -1.98. The lowest BCUT2D eigenvalue weighted by Gasteiger charge is -2.08. The Hall–Kier alpha value is -2.22. The Balaban J connectivity index is 2.93. The van der Waals surface area contributed by atoms with E-state index in [1.807, 2.05) is 6.07 Å². The molecule has 0 aliphatic heterocycles. The highest BCUT2D eigenvalue weighted by Gasteiger charge is 2.12. The fourth-order valence-electron chi connectivity index (χ4n) is 1.59. The highest BCUT2D eigenvalue weighted by Crippen LogP contribution is 2.28. The predicted molar refractivity (Wildman–Crippen MR) is 55.9 cm³/mol. The van der Waals surface area contributed by atoms with Crippen molar-refractivity contribution in [2.24, 2.45) is 0 Å². The van der Waals surface area contributed by atoms with E-state index in [4.69, 9.17) is 5.26 Å². The van der Waals surface area contributed by atoms with E-state index in [0.717, 1.165) is 12.1 Å². The number of fused-ring (bicyclic) bond motifs is 1. The number of hydrogen-bond acceptors (Lipinski definition) is 3. The van der Waals surface area contributed by atoms with Crippen molar-refractivity contribution >= 4 is 16.6 Å². The molecular weight excluding hydrogens is 212 g/mol. The van der Waals surface area contributed by atoms with E-state index in [-0.39, 0.29) is 16.5 Å². The summed E-state index contributed by atoms with van der Waals surface area (Å²) in [6.45, 7) is 0. The third kappa shape index (κ3) is 1.44. The van der Waals surface area contributed by atoms with Crippen LogP contribution in [0.25, 0.3) is 10.9 Å². The maximum atomic E-state index is 13.6. The summed E-state index contributed by atoms with van der Waals surface area (Å²) in [6, 6.07) is 3.79. The second kappa shape index (κ2) is 3.74. The highest BCUT2D eigenvalue weighted by atomic mass is 19.1. The van der Waals surface area contributed by atoms with Crippen LogP contribution in [0.1, 0.15) is 5.56 Å². The maximum absolute atomic E-state index is 13.6. The van der Waals surface area contributed by atoms with Crippen molar-refractivity contribution in [1.29, 1.82) is 5.26 Å². The monoisotopic (exact) mass is 219 g/mol. The SMILES string of the molecule is CNc1c(C#N)cnc2cc(F)cc(F)c12. The number of nitrogens with one attached hydrogen (secondary N) is 1. The Bertz CT molecular complexity index is 602. The highest BCUT2D eigenvalue weighted by molar-refractivity contribution is 5.94. The number of halogens is 2. The van der Waals surface area contributed by atoms with Gasteiger partial charge >= 0.3 is 0 Å². The first kappa shape index (κ1) is 10.3. The van der Waals surface area contributed by atoms with Crippen LogP contribution in [0.5, 0.6) is 0 Å². The van der Waals surface area contributed by atoms with Crippen molar-refractivity contribution in [3.05, 3.63) is 35.5 Å². The number of nitrogens with zero attached hydrogens (tertiary/aromatic N) is 2. The molecule has 1 aromatic heterocycles. The van der Waals surface area contributed by atoms with Gasteiger partial charge in [0.25, 0.3) is 0 Å². The van der Waals surface area contributed by atoms with Crippen LogP contribution in [0, 0.1) is 23.0 Å². The van der Waals surface area contributed by atoms with Gasteiger partial charge in [-0.1, -0.05) is 0 Å². The topological polar surface area (TPSA) is 48.7 Å². The summed E-state index contributed by atoms with van der Waals surface area (Å²) in [7, 11) is 1.57. The number of anilines is 1. The second-order valence-electron chi connectivity index (χ2n) is 3.19. The molecule has 0 amide bonds. The van der Waals surface area contributed by atoms with Crippen molar-refractivity contribution in [2.75, 3.05) is 12.4 Å². The van der Waals surface area contributed by atoms with Crippen LogP contribution in [0.3, 0.4) is 0 Å². The normalized spacial score (nSPS) is 10.1. The molecular formula is C11H7F2N3. The zero-order chi connectivity index (χ0) is 11.7. The largest absolute Gasteiger partial charge is 0.386 e. The summed E-state index contributed by atoms with van der Waals surface area (Å²) in [5, 5.41) is 11.7. The smallest absolute Gasteiger partial charge is 0.137 e. The minimum Gasteiger partial charge on any atom is -0.386 e. The molecule has 0 bridgehead atoms. The van der Waals surface area contributed by atoms with Gasteiger partial charge in [0.1, 0.15) is 17.7 Å². The average Bonchev–Trinajstić information content (AvgIpc) is 2.27. The Morgan fingerprint density at radius 1 is 1.38 bits per heavy atom. The molecule has 5 heteroatoms. The van der Waals surface area contributed by atoms with Gasteiger partial charge in [-0.2, -0.15) is 5.26 Å². The fourth-order valence-corrected chi connectivity index (χ4v) is 1.59. The van der Waals surface area contributed by atoms with E-state index in [2.05, 4.69) is 10.3 Å². The van der Waals surface area contributed by atoms with Gasteiger partial charge in [-0.15, -0.1) is 0 Å². The van der Waals surface area contributed by atoms with Crippen molar-refractivity contribution in [1.82, 2.24) is 4.98 Å². The Labute approximate surface area is 90.3 Å². The zero-order valence-electron chi connectivity index (χ0n) is 8.38. The molecule has 2 rings (SSSR count). The first-order valence-corrected chi connectivity index (χ1v) is 4.53. The van der Waals surface area contributed by atoms with E-state index in [1.165, 1.54) is 6.20 Å². The van der Waals surface area contributed by atoms with E-state index >= 15 is 0 Å². The van der Waals surface area contributed by atoms with Gasteiger partial charge in [0.15, 0.2) is 0 Å². The summed E-state index contributed by atoms with van der Waals surface area (Å²) in [5.74, 6) is -1.42. The number of hydrogen-bond donors (Lipinski definition) is 1. The number of pyridine rings is 1. The van der Waals surface area contributed by atoms with E-state index < -0.39 is 11.6 Å². The molecule has 0 spiro atoms. The number of aromatic nitrogens is 1. The molecule has 0 fully saturated rings. The summed E-state index contributed by atoms with van der Waals surface area (Å²) in [4.78, 5) is 3.84. The van der Waals surface area contributed by atoms with Gasteiger partial charge in [-0.3, -0.25) is 4.98 Å². The van der Waals surface area contributed by atoms with E-state index in [0.29, 0.717) is 5.69 Å². The van der Waals surface area contributed by atoms with Crippen LogP contribution in [0.15, 0.2) is 18.3 Å². The molecule has 0 radical (unpaired) electrons. The van der Waals surface area contributed by atoms with Gasteiger partial charge in [0.05, 0.1) is 22.2 Å². The van der Waals surface area contributed by atoms with Gasteiger partial charge < -0.3 is 5.32 Å². The first-order valence-electron chi connectivity index (χ1n) is 4.53. The van der Waals surface area contributed by atoms with Crippen LogP contribution in [-0.2, 0) is 0 Å². The van der Waals surface area contributed by atoms with Crippen LogP contribution in [0.4, 0.5) is 14.5 Å². The first-order chi connectivity index (χ1) is 7.67. The molecule has 1 N–H and O–H groups in total. The lowest BCUT2D eigenvalue weighted by molar-refractivity contribution is 0.591. The molecule has 16 heavy (non-hydrogen) atoms. The minimum absolute atomic E-state index is 0.128. The molecule has 80 valence electrons. The molecule has 0 saturated carbocycles. The number of nitriles is 1. The fraction of sp³-hybridized carbons (Fsp3) is 0.0909.